The molecule has 0 unspecified atom stereocenters. The number of aromatic nitrogens is 1. The average molecular weight is 283 g/mol. The Morgan fingerprint density at radius 1 is 1.24 bits per heavy atom. The number of hydrogen-bond donors (Lipinski definition) is 0. The lowest BCUT2D eigenvalue weighted by atomic mass is 10.1. The Hall–Kier alpha value is -2.16. The van der Waals surface area contributed by atoms with Crippen LogP contribution in [0, 0.1) is 0 Å². The Balaban J connectivity index is 1.85. The topological polar surface area (TPSA) is 39.2 Å². The molecule has 3 heteroatoms. The monoisotopic (exact) mass is 283 g/mol. The van der Waals surface area contributed by atoms with Crippen molar-refractivity contribution in [2.45, 2.75) is 32.6 Å². The van der Waals surface area contributed by atoms with Crippen LogP contribution >= 0.6 is 0 Å². The molecule has 0 fully saturated rings. The van der Waals surface area contributed by atoms with Crippen molar-refractivity contribution in [1.82, 2.24) is 4.98 Å². The molecule has 0 saturated carbocycles. The van der Waals surface area contributed by atoms with E-state index in [1.807, 2.05) is 30.3 Å². The quantitative estimate of drug-likeness (QED) is 0.430. The third kappa shape index (κ3) is 5.03. The van der Waals surface area contributed by atoms with Crippen molar-refractivity contribution < 1.29 is 9.53 Å². The average Bonchev–Trinajstić information content (AvgIpc) is 2.52. The lowest BCUT2D eigenvalue weighted by Crippen LogP contribution is -2.02. The highest BCUT2D eigenvalue weighted by Crippen LogP contribution is 2.14. The third-order valence-corrected chi connectivity index (χ3v) is 3.28. The summed E-state index contributed by atoms with van der Waals surface area (Å²) >= 11 is 0. The van der Waals surface area contributed by atoms with E-state index < -0.39 is 0 Å². The van der Waals surface area contributed by atoms with Crippen LogP contribution in [0.5, 0.6) is 0 Å². The Labute approximate surface area is 125 Å². The predicted octanol–water partition coefficient (Wildman–Crippen LogP) is 4.37. The van der Waals surface area contributed by atoms with Crippen molar-refractivity contribution >= 4 is 22.9 Å². The number of carbonyl (C=O) groups is 1. The van der Waals surface area contributed by atoms with Crippen molar-refractivity contribution in [3.63, 3.8) is 0 Å². The van der Waals surface area contributed by atoms with E-state index in [0.717, 1.165) is 29.3 Å². The molecule has 0 saturated heterocycles. The lowest BCUT2D eigenvalue weighted by Gasteiger charge is -2.01. The molecule has 1 aromatic carbocycles. The highest BCUT2D eigenvalue weighted by Gasteiger charge is 1.98. The maximum Gasteiger partial charge on any atom is 0.330 e. The van der Waals surface area contributed by atoms with Crippen molar-refractivity contribution in [1.29, 1.82) is 0 Å². The maximum atomic E-state index is 11.6. The Bertz CT molecular complexity index is 619. The van der Waals surface area contributed by atoms with Gasteiger partial charge in [0.25, 0.3) is 0 Å². The fraction of sp³-hybridized carbons (Fsp3) is 0.333. The molecule has 0 aliphatic carbocycles. The number of benzene rings is 1. The van der Waals surface area contributed by atoms with E-state index in [-0.39, 0.29) is 5.97 Å². The molecule has 0 atom stereocenters. The zero-order valence-corrected chi connectivity index (χ0v) is 12.4. The number of carbonyl (C=O) groups excluding carboxylic acids is 1. The highest BCUT2D eigenvalue weighted by molar-refractivity contribution is 5.88. The highest BCUT2D eigenvalue weighted by atomic mass is 16.5. The van der Waals surface area contributed by atoms with Crippen LogP contribution in [0.4, 0.5) is 0 Å². The number of nitrogens with zero attached hydrogens (tertiary/aromatic N) is 1. The molecule has 3 nitrogen and oxygen atoms in total. The molecule has 0 radical (unpaired) electrons. The Morgan fingerprint density at radius 3 is 3.00 bits per heavy atom. The van der Waals surface area contributed by atoms with Gasteiger partial charge in [-0.25, -0.2) is 4.79 Å². The van der Waals surface area contributed by atoms with Gasteiger partial charge in [0, 0.05) is 17.7 Å². The molecule has 21 heavy (non-hydrogen) atoms. The molecule has 0 aliphatic heterocycles. The van der Waals surface area contributed by atoms with Gasteiger partial charge in [-0.3, -0.25) is 4.98 Å². The zero-order valence-electron chi connectivity index (χ0n) is 12.4. The maximum absolute atomic E-state index is 11.6. The molecule has 1 aromatic heterocycles. The van der Waals surface area contributed by atoms with Gasteiger partial charge in [-0.05, 0) is 36.3 Å². The van der Waals surface area contributed by atoms with Crippen LogP contribution in [0.15, 0.2) is 42.6 Å². The first kappa shape index (κ1) is 15.2. The molecule has 0 aliphatic rings. The van der Waals surface area contributed by atoms with Gasteiger partial charge in [0.2, 0.25) is 0 Å². The van der Waals surface area contributed by atoms with Gasteiger partial charge in [0.15, 0.2) is 0 Å². The summed E-state index contributed by atoms with van der Waals surface area (Å²) in [6.07, 6.45) is 9.47. The molecule has 2 aromatic rings. The van der Waals surface area contributed by atoms with Gasteiger partial charge in [-0.1, -0.05) is 38.3 Å². The van der Waals surface area contributed by atoms with Crippen molar-refractivity contribution in [3.05, 3.63) is 48.2 Å². The van der Waals surface area contributed by atoms with E-state index in [1.54, 1.807) is 12.3 Å². The van der Waals surface area contributed by atoms with Crippen LogP contribution < -0.4 is 0 Å². The smallest absolute Gasteiger partial charge is 0.330 e. The van der Waals surface area contributed by atoms with E-state index in [9.17, 15) is 4.79 Å². The van der Waals surface area contributed by atoms with Gasteiger partial charge in [0.05, 0.1) is 12.1 Å². The van der Waals surface area contributed by atoms with Gasteiger partial charge < -0.3 is 4.74 Å². The fourth-order valence-corrected chi connectivity index (χ4v) is 2.11. The number of rotatable bonds is 7. The number of fused-ring (bicyclic) bond motifs is 1. The van der Waals surface area contributed by atoms with E-state index in [2.05, 4.69) is 11.9 Å². The summed E-state index contributed by atoms with van der Waals surface area (Å²) in [4.78, 5) is 15.9. The standard InChI is InChI=1S/C18H21NO2/c1-2-3-4-5-13-21-18(20)11-9-15-8-10-17-16(14-15)7-6-12-19-17/h6-12,14H,2-5,13H2,1H3/b11-9+. The molecule has 0 bridgehead atoms. The summed E-state index contributed by atoms with van der Waals surface area (Å²) in [7, 11) is 0. The third-order valence-electron chi connectivity index (χ3n) is 3.28. The number of esters is 1. The van der Waals surface area contributed by atoms with Crippen LogP contribution in [0.1, 0.15) is 38.2 Å². The van der Waals surface area contributed by atoms with Crippen molar-refractivity contribution in [2.24, 2.45) is 0 Å². The van der Waals surface area contributed by atoms with Crippen LogP contribution in [-0.4, -0.2) is 17.6 Å². The molecule has 2 rings (SSSR count). The minimum atomic E-state index is -0.280. The van der Waals surface area contributed by atoms with Crippen LogP contribution in [0.2, 0.25) is 0 Å². The molecular formula is C18H21NO2. The van der Waals surface area contributed by atoms with Gasteiger partial charge in [-0.15, -0.1) is 0 Å². The van der Waals surface area contributed by atoms with E-state index in [1.165, 1.54) is 18.9 Å². The predicted molar refractivity (Wildman–Crippen MR) is 85.9 cm³/mol. The number of hydrogen-bond acceptors (Lipinski definition) is 3. The Kier molecular flexibility index (Phi) is 5.95. The first-order valence-corrected chi connectivity index (χ1v) is 7.49. The molecule has 1 heterocycles. The van der Waals surface area contributed by atoms with Crippen molar-refractivity contribution in [2.75, 3.05) is 6.61 Å². The summed E-state index contributed by atoms with van der Waals surface area (Å²) < 4.78 is 5.16. The van der Waals surface area contributed by atoms with Crippen LogP contribution in [0.25, 0.3) is 17.0 Å². The summed E-state index contributed by atoms with van der Waals surface area (Å²) in [5.41, 5.74) is 1.92. The SMILES string of the molecule is CCCCCCOC(=O)/C=C/c1ccc2ncccc2c1. The first-order valence-electron chi connectivity index (χ1n) is 7.49. The Morgan fingerprint density at radius 2 is 2.14 bits per heavy atom. The summed E-state index contributed by atoms with van der Waals surface area (Å²) in [6, 6.07) is 9.81. The van der Waals surface area contributed by atoms with E-state index in [0.29, 0.717) is 6.61 Å². The van der Waals surface area contributed by atoms with Gasteiger partial charge in [-0.2, -0.15) is 0 Å². The minimum Gasteiger partial charge on any atom is -0.463 e. The zero-order chi connectivity index (χ0) is 14.9. The first-order chi connectivity index (χ1) is 10.3. The largest absolute Gasteiger partial charge is 0.463 e. The molecular weight excluding hydrogens is 262 g/mol. The second-order valence-corrected chi connectivity index (χ2v) is 5.02. The van der Waals surface area contributed by atoms with Gasteiger partial charge >= 0.3 is 5.97 Å². The van der Waals surface area contributed by atoms with Gasteiger partial charge in [0.1, 0.15) is 0 Å². The normalized spacial score (nSPS) is 11.1. The fourth-order valence-electron chi connectivity index (χ4n) is 2.11. The summed E-state index contributed by atoms with van der Waals surface area (Å²) in [5, 5.41) is 1.06. The number of unbranched alkanes of at least 4 members (excludes halogenated alkanes) is 3. The lowest BCUT2D eigenvalue weighted by molar-refractivity contribution is -0.137. The van der Waals surface area contributed by atoms with E-state index in [4.69, 9.17) is 4.74 Å². The van der Waals surface area contributed by atoms with Crippen LogP contribution in [-0.2, 0) is 9.53 Å². The summed E-state index contributed by atoms with van der Waals surface area (Å²) in [6.45, 7) is 2.67. The number of ether oxygens (including phenoxy) is 1. The molecule has 0 amide bonds. The van der Waals surface area contributed by atoms with Crippen LogP contribution in [0.3, 0.4) is 0 Å². The van der Waals surface area contributed by atoms with E-state index >= 15 is 0 Å². The summed E-state index contributed by atoms with van der Waals surface area (Å²) in [5.74, 6) is -0.280. The second-order valence-electron chi connectivity index (χ2n) is 5.02. The second kappa shape index (κ2) is 8.20. The number of pyridine rings is 1. The molecule has 0 N–H and O–H groups in total. The minimum absolute atomic E-state index is 0.280. The van der Waals surface area contributed by atoms with Crippen molar-refractivity contribution in [3.8, 4) is 0 Å². The molecule has 0 spiro atoms. The molecule has 110 valence electrons.